The fourth-order valence-electron chi connectivity index (χ4n) is 3.60. The van der Waals surface area contributed by atoms with E-state index < -0.39 is 23.3 Å². The molecule has 138 valence electrons. The fourth-order valence-corrected chi connectivity index (χ4v) is 3.92. The molecule has 1 saturated heterocycles. The van der Waals surface area contributed by atoms with Gasteiger partial charge in [0.1, 0.15) is 5.56 Å². The Morgan fingerprint density at radius 1 is 1.23 bits per heavy atom. The first-order valence-electron chi connectivity index (χ1n) is 8.61. The molecular formula is C18H18ClFN2O4. The van der Waals surface area contributed by atoms with Gasteiger partial charge in [0.25, 0.3) is 0 Å². The Bertz CT molecular complexity index is 962. The summed E-state index contributed by atoms with van der Waals surface area (Å²) in [5, 5.41) is 19.0. The summed E-state index contributed by atoms with van der Waals surface area (Å²) in [5.41, 5.74) is -0.796. The molecule has 4 rings (SSSR count). The summed E-state index contributed by atoms with van der Waals surface area (Å²) in [6, 6.07) is 1.36. The first-order chi connectivity index (χ1) is 12.4. The number of hydrogen-bond acceptors (Lipinski definition) is 4. The number of pyridine rings is 1. The number of carbonyl (C=O) groups is 1. The molecule has 2 heterocycles. The molecule has 0 unspecified atom stereocenters. The Hall–Kier alpha value is -2.12. The van der Waals surface area contributed by atoms with E-state index in [1.165, 1.54) is 12.3 Å². The van der Waals surface area contributed by atoms with Crippen molar-refractivity contribution < 1.29 is 19.4 Å². The summed E-state index contributed by atoms with van der Waals surface area (Å²) >= 11 is 6.29. The van der Waals surface area contributed by atoms with Crippen LogP contribution >= 0.6 is 11.6 Å². The Kier molecular flexibility index (Phi) is 4.16. The second kappa shape index (κ2) is 6.25. The van der Waals surface area contributed by atoms with E-state index in [1.54, 1.807) is 9.47 Å². The van der Waals surface area contributed by atoms with Gasteiger partial charge in [-0.3, -0.25) is 4.79 Å². The number of rotatable bonds is 3. The molecule has 2 fully saturated rings. The maximum atomic E-state index is 15.5. The van der Waals surface area contributed by atoms with Crippen LogP contribution in [-0.4, -0.2) is 39.9 Å². The van der Waals surface area contributed by atoms with Gasteiger partial charge in [-0.25, -0.2) is 9.18 Å². The molecule has 1 saturated carbocycles. The zero-order valence-corrected chi connectivity index (χ0v) is 14.7. The molecule has 0 atom stereocenters. The Morgan fingerprint density at radius 2 is 1.88 bits per heavy atom. The van der Waals surface area contributed by atoms with Crippen molar-refractivity contribution in [1.29, 1.82) is 0 Å². The summed E-state index contributed by atoms with van der Waals surface area (Å²) < 4.78 is 17.0. The Balaban J connectivity index is 1.97. The van der Waals surface area contributed by atoms with Crippen molar-refractivity contribution in [2.75, 3.05) is 18.0 Å². The predicted octanol–water partition coefficient (Wildman–Crippen LogP) is 2.79. The monoisotopic (exact) mass is 380 g/mol. The van der Waals surface area contributed by atoms with Gasteiger partial charge in [0.2, 0.25) is 5.43 Å². The van der Waals surface area contributed by atoms with Gasteiger partial charge >= 0.3 is 5.97 Å². The number of aliphatic hydroxyl groups excluding tert-OH is 1. The lowest BCUT2D eigenvalue weighted by atomic mass is 10.0. The number of fused-ring (bicyclic) bond motifs is 1. The van der Waals surface area contributed by atoms with E-state index in [-0.39, 0.29) is 33.2 Å². The number of aliphatic hydroxyl groups is 1. The second-order valence-corrected chi connectivity index (χ2v) is 7.36. The molecule has 1 aliphatic heterocycles. The van der Waals surface area contributed by atoms with Crippen molar-refractivity contribution in [1.82, 2.24) is 4.57 Å². The standard InChI is InChI=1S/C18H18ClFN2O4/c19-13-7-11-15(14(20)16(13)21-5-3-10(23)4-6-21)22(9-1-2-9)8-12(17(11)24)18(25)26/h7-10,23H,1-6H2,(H,25,26). The minimum Gasteiger partial charge on any atom is -0.477 e. The molecule has 0 bridgehead atoms. The zero-order chi connectivity index (χ0) is 18.6. The van der Waals surface area contributed by atoms with Crippen LogP contribution in [0.4, 0.5) is 10.1 Å². The second-order valence-electron chi connectivity index (χ2n) is 6.95. The van der Waals surface area contributed by atoms with Gasteiger partial charge in [-0.15, -0.1) is 0 Å². The van der Waals surface area contributed by atoms with E-state index in [4.69, 9.17) is 11.6 Å². The van der Waals surface area contributed by atoms with Gasteiger partial charge in [-0.2, -0.15) is 0 Å². The van der Waals surface area contributed by atoms with Crippen LogP contribution in [0.3, 0.4) is 0 Å². The lowest BCUT2D eigenvalue weighted by Gasteiger charge is -2.32. The largest absolute Gasteiger partial charge is 0.477 e. The van der Waals surface area contributed by atoms with E-state index in [0.29, 0.717) is 25.9 Å². The summed E-state index contributed by atoms with van der Waals surface area (Å²) in [4.78, 5) is 25.7. The topological polar surface area (TPSA) is 82.8 Å². The molecule has 26 heavy (non-hydrogen) atoms. The third-order valence-corrected chi connectivity index (χ3v) is 5.42. The molecule has 2 aromatic rings. The molecule has 2 N–H and O–H groups in total. The van der Waals surface area contributed by atoms with Crippen molar-refractivity contribution in [3.63, 3.8) is 0 Å². The maximum absolute atomic E-state index is 15.5. The van der Waals surface area contributed by atoms with E-state index >= 15 is 4.39 Å². The first-order valence-corrected chi connectivity index (χ1v) is 8.99. The minimum absolute atomic E-state index is 0.0112. The summed E-state index contributed by atoms with van der Waals surface area (Å²) in [7, 11) is 0. The lowest BCUT2D eigenvalue weighted by Crippen LogP contribution is -2.36. The highest BCUT2D eigenvalue weighted by molar-refractivity contribution is 6.34. The average Bonchev–Trinajstić information content (AvgIpc) is 3.42. The van der Waals surface area contributed by atoms with Crippen molar-refractivity contribution >= 4 is 34.2 Å². The third kappa shape index (κ3) is 2.75. The third-order valence-electron chi connectivity index (χ3n) is 5.14. The molecular weight excluding hydrogens is 363 g/mol. The number of anilines is 1. The molecule has 0 amide bonds. The number of aromatic carboxylic acids is 1. The summed E-state index contributed by atoms with van der Waals surface area (Å²) in [6.45, 7) is 0.925. The number of nitrogens with zero attached hydrogens (tertiary/aromatic N) is 2. The van der Waals surface area contributed by atoms with Crippen LogP contribution in [0.15, 0.2) is 17.1 Å². The SMILES string of the molecule is O=C(O)c1cn(C2CC2)c2c(F)c(N3CCC(O)CC3)c(Cl)cc2c1=O. The average molecular weight is 381 g/mol. The van der Waals surface area contributed by atoms with E-state index in [2.05, 4.69) is 0 Å². The molecule has 2 aliphatic rings. The highest BCUT2D eigenvalue weighted by atomic mass is 35.5. The predicted molar refractivity (Wildman–Crippen MR) is 95.9 cm³/mol. The fraction of sp³-hybridized carbons (Fsp3) is 0.444. The van der Waals surface area contributed by atoms with Gasteiger partial charge in [0, 0.05) is 25.3 Å². The van der Waals surface area contributed by atoms with Crippen molar-refractivity contribution in [2.24, 2.45) is 0 Å². The zero-order valence-electron chi connectivity index (χ0n) is 13.9. The van der Waals surface area contributed by atoms with Crippen LogP contribution in [0.2, 0.25) is 5.02 Å². The number of carboxylic acids is 1. The smallest absolute Gasteiger partial charge is 0.341 e. The first kappa shape index (κ1) is 17.3. The molecule has 1 aliphatic carbocycles. The lowest BCUT2D eigenvalue weighted by molar-refractivity contribution is 0.0694. The van der Waals surface area contributed by atoms with Gasteiger partial charge in [-0.05, 0) is 31.7 Å². The van der Waals surface area contributed by atoms with Crippen LogP contribution < -0.4 is 10.3 Å². The van der Waals surface area contributed by atoms with Crippen molar-refractivity contribution in [2.45, 2.75) is 37.8 Å². The van der Waals surface area contributed by atoms with Crippen LogP contribution in [-0.2, 0) is 0 Å². The molecule has 0 spiro atoms. The van der Waals surface area contributed by atoms with Crippen LogP contribution in [0.25, 0.3) is 10.9 Å². The number of benzene rings is 1. The van der Waals surface area contributed by atoms with Gasteiger partial charge in [0.15, 0.2) is 5.82 Å². The summed E-state index contributed by atoms with van der Waals surface area (Å²) in [5.74, 6) is -1.94. The van der Waals surface area contributed by atoms with Crippen molar-refractivity contribution in [3.8, 4) is 0 Å². The van der Waals surface area contributed by atoms with E-state index in [9.17, 15) is 19.8 Å². The molecule has 8 heteroatoms. The Morgan fingerprint density at radius 3 is 2.46 bits per heavy atom. The maximum Gasteiger partial charge on any atom is 0.341 e. The quantitative estimate of drug-likeness (QED) is 0.855. The van der Waals surface area contributed by atoms with E-state index in [0.717, 1.165) is 12.8 Å². The molecule has 1 aromatic heterocycles. The normalized spacial score (nSPS) is 18.5. The van der Waals surface area contributed by atoms with Crippen molar-refractivity contribution in [3.05, 3.63) is 38.9 Å². The molecule has 1 aromatic carbocycles. The number of hydrogen-bond donors (Lipinski definition) is 2. The van der Waals surface area contributed by atoms with E-state index in [1.807, 2.05) is 0 Å². The molecule has 6 nitrogen and oxygen atoms in total. The highest BCUT2D eigenvalue weighted by Gasteiger charge is 2.31. The number of carboxylic acid groups (broad SMARTS) is 1. The number of aromatic nitrogens is 1. The van der Waals surface area contributed by atoms with Gasteiger partial charge in [-0.1, -0.05) is 11.6 Å². The Labute approximate surface area is 153 Å². The highest BCUT2D eigenvalue weighted by Crippen LogP contribution is 2.41. The molecule has 0 radical (unpaired) electrons. The van der Waals surface area contributed by atoms with Gasteiger partial charge < -0.3 is 19.7 Å². The number of piperidine rings is 1. The van der Waals surface area contributed by atoms with Crippen LogP contribution in [0.1, 0.15) is 42.1 Å². The van der Waals surface area contributed by atoms with Crippen LogP contribution in [0.5, 0.6) is 0 Å². The minimum atomic E-state index is -1.34. The summed E-state index contributed by atoms with van der Waals surface area (Å²) in [6.07, 6.45) is 3.49. The van der Waals surface area contributed by atoms with Crippen LogP contribution in [0, 0.1) is 5.82 Å². The number of halogens is 2. The van der Waals surface area contributed by atoms with Gasteiger partial charge in [0.05, 0.1) is 27.7 Å².